The summed E-state index contributed by atoms with van der Waals surface area (Å²) in [5, 5.41) is 36.9. The number of unbranched alkanes of at least 4 members (excludes halogenated alkanes) is 2. The summed E-state index contributed by atoms with van der Waals surface area (Å²) in [6.45, 7) is 0.322. The fourth-order valence-electron chi connectivity index (χ4n) is 4.75. The molecule has 252 valence electrons. The Hall–Kier alpha value is -4.53. The molecule has 0 heterocycles. The zero-order chi connectivity index (χ0) is 34.1. The molecule has 12 N–H and O–H groups in total. The molecule has 0 saturated carbocycles. The molecular weight excluding hydrogens is 596 g/mol. The fourth-order valence-corrected chi connectivity index (χ4v) is 4.75. The highest BCUT2D eigenvalue weighted by Gasteiger charge is 2.34. The molecule has 0 aliphatic rings. The Balaban J connectivity index is 2.28. The zero-order valence-electron chi connectivity index (χ0n) is 25.8. The van der Waals surface area contributed by atoms with Crippen LogP contribution in [0.25, 0.3) is 0 Å². The molecular formula is C32H46N6O8. The van der Waals surface area contributed by atoms with Crippen LogP contribution in [-0.4, -0.2) is 82.6 Å². The minimum atomic E-state index is -1.41. The number of carbonyl (C=O) groups is 5. The number of carboxylic acids is 1. The topological polar surface area (TPSA) is 260 Å². The molecule has 46 heavy (non-hydrogen) atoms. The van der Waals surface area contributed by atoms with E-state index in [2.05, 4.69) is 16.0 Å². The van der Waals surface area contributed by atoms with Crippen molar-refractivity contribution in [1.82, 2.24) is 16.0 Å². The van der Waals surface area contributed by atoms with Crippen molar-refractivity contribution in [3.8, 4) is 11.5 Å². The number of aromatic hydroxyl groups is 2. The number of nitrogens with two attached hydrogens (primary N) is 3. The molecule has 14 heteroatoms. The molecule has 0 aliphatic carbocycles. The van der Waals surface area contributed by atoms with E-state index in [4.69, 9.17) is 17.2 Å². The number of ketones is 1. The molecule has 0 spiro atoms. The molecule has 0 bridgehead atoms. The summed E-state index contributed by atoms with van der Waals surface area (Å²) in [5.41, 5.74) is 18.0. The quantitative estimate of drug-likeness (QED) is 0.0637. The normalized spacial score (nSPS) is 13.5. The minimum Gasteiger partial charge on any atom is -0.508 e. The third-order valence-electron chi connectivity index (χ3n) is 7.38. The highest BCUT2D eigenvalue weighted by Crippen LogP contribution is 2.18. The molecule has 4 atom stereocenters. The molecule has 0 saturated heterocycles. The van der Waals surface area contributed by atoms with E-state index in [9.17, 15) is 39.3 Å². The van der Waals surface area contributed by atoms with Gasteiger partial charge in [0.1, 0.15) is 23.5 Å². The number of nitrogens with one attached hydrogen (secondary N) is 3. The summed E-state index contributed by atoms with van der Waals surface area (Å²) in [6, 6.07) is 8.46. The second kappa shape index (κ2) is 19.8. The number of carboxylic acid groups (broad SMARTS) is 1. The lowest BCUT2D eigenvalue weighted by molar-refractivity contribution is -0.148. The van der Waals surface area contributed by atoms with Crippen LogP contribution in [0.2, 0.25) is 0 Å². The first-order valence-corrected chi connectivity index (χ1v) is 15.3. The molecule has 2 aromatic carbocycles. The summed E-state index contributed by atoms with van der Waals surface area (Å²) >= 11 is 0. The standard InChI is InChI=1S/C32H46N6O8/c33-15-3-1-5-24(32(45)46)29(42)26(17-20-7-11-22(39)12-8-20)38-31(44)27(18-21-9-13-23(40)14-10-21)37-28(41)19-36-30(43)25(35)6-2-4-16-34/h7-14,24-27,39-40H,1-6,15-19,33-35H2,(H,36,43)(H,37,41)(H,38,44)(H,45,46). The van der Waals surface area contributed by atoms with E-state index in [1.165, 1.54) is 24.3 Å². The predicted octanol–water partition coefficient (Wildman–Crippen LogP) is -0.176. The second-order valence-corrected chi connectivity index (χ2v) is 11.1. The molecule has 0 aliphatic heterocycles. The molecule has 0 radical (unpaired) electrons. The number of hydrogen-bond donors (Lipinski definition) is 9. The first kappa shape index (κ1) is 37.7. The Bertz CT molecular complexity index is 1290. The number of phenolic OH excluding ortho intramolecular Hbond substituents is 2. The first-order chi connectivity index (χ1) is 21.9. The maximum absolute atomic E-state index is 13.7. The van der Waals surface area contributed by atoms with E-state index >= 15 is 0 Å². The number of benzene rings is 2. The van der Waals surface area contributed by atoms with Crippen LogP contribution in [0.4, 0.5) is 0 Å². The summed E-state index contributed by atoms with van der Waals surface area (Å²) in [7, 11) is 0. The van der Waals surface area contributed by atoms with Gasteiger partial charge >= 0.3 is 5.97 Å². The number of phenols is 2. The Labute approximate surface area is 268 Å². The van der Waals surface area contributed by atoms with Crippen molar-refractivity contribution in [2.24, 2.45) is 23.1 Å². The average molecular weight is 643 g/mol. The van der Waals surface area contributed by atoms with E-state index in [1.807, 2.05) is 0 Å². The van der Waals surface area contributed by atoms with E-state index in [0.717, 1.165) is 0 Å². The van der Waals surface area contributed by atoms with Crippen LogP contribution < -0.4 is 33.2 Å². The number of hydrogen-bond acceptors (Lipinski definition) is 10. The van der Waals surface area contributed by atoms with Crippen LogP contribution in [-0.2, 0) is 36.8 Å². The van der Waals surface area contributed by atoms with Crippen molar-refractivity contribution >= 4 is 29.5 Å². The highest BCUT2D eigenvalue weighted by molar-refractivity contribution is 6.03. The molecule has 14 nitrogen and oxygen atoms in total. The van der Waals surface area contributed by atoms with Gasteiger partial charge in [-0.2, -0.15) is 0 Å². The van der Waals surface area contributed by atoms with Gasteiger partial charge < -0.3 is 48.5 Å². The Morgan fingerprint density at radius 3 is 1.67 bits per heavy atom. The second-order valence-electron chi connectivity index (χ2n) is 11.1. The van der Waals surface area contributed by atoms with Gasteiger partial charge in [0.25, 0.3) is 0 Å². The number of amides is 3. The van der Waals surface area contributed by atoms with Crippen molar-refractivity contribution in [2.45, 2.75) is 69.5 Å². The lowest BCUT2D eigenvalue weighted by Gasteiger charge is -2.25. The van der Waals surface area contributed by atoms with Crippen LogP contribution in [0.3, 0.4) is 0 Å². The minimum absolute atomic E-state index is 0.00629. The third kappa shape index (κ3) is 13.2. The maximum atomic E-state index is 13.7. The van der Waals surface area contributed by atoms with Crippen molar-refractivity contribution in [1.29, 1.82) is 0 Å². The van der Waals surface area contributed by atoms with E-state index in [-0.39, 0.29) is 30.8 Å². The van der Waals surface area contributed by atoms with Crippen LogP contribution in [0, 0.1) is 5.92 Å². The molecule has 2 rings (SSSR count). The zero-order valence-corrected chi connectivity index (χ0v) is 25.8. The number of carbonyl (C=O) groups excluding carboxylic acids is 4. The molecule has 2 aromatic rings. The lowest BCUT2D eigenvalue weighted by atomic mass is 9.89. The van der Waals surface area contributed by atoms with Gasteiger partial charge in [-0.15, -0.1) is 0 Å². The van der Waals surface area contributed by atoms with Gasteiger partial charge in [-0.05, 0) is 80.6 Å². The Morgan fingerprint density at radius 2 is 1.17 bits per heavy atom. The molecule has 0 aromatic heterocycles. The van der Waals surface area contributed by atoms with Crippen molar-refractivity contribution in [3.63, 3.8) is 0 Å². The largest absolute Gasteiger partial charge is 0.508 e. The Morgan fingerprint density at radius 1 is 0.674 bits per heavy atom. The van der Waals surface area contributed by atoms with Crippen molar-refractivity contribution in [3.05, 3.63) is 59.7 Å². The van der Waals surface area contributed by atoms with E-state index in [1.54, 1.807) is 24.3 Å². The number of aliphatic carboxylic acids is 1. The van der Waals surface area contributed by atoms with Gasteiger partial charge in [0, 0.05) is 6.42 Å². The number of rotatable bonds is 21. The van der Waals surface area contributed by atoms with Crippen molar-refractivity contribution < 1.29 is 39.3 Å². The Kier molecular flexibility index (Phi) is 16.2. The van der Waals surface area contributed by atoms with Gasteiger partial charge in [-0.25, -0.2) is 0 Å². The van der Waals surface area contributed by atoms with Gasteiger partial charge in [-0.1, -0.05) is 37.1 Å². The third-order valence-corrected chi connectivity index (χ3v) is 7.38. The summed E-state index contributed by atoms with van der Waals surface area (Å²) in [5.74, 6) is -5.50. The monoisotopic (exact) mass is 642 g/mol. The van der Waals surface area contributed by atoms with Gasteiger partial charge in [-0.3, -0.25) is 24.0 Å². The molecule has 0 fully saturated rings. The fraction of sp³-hybridized carbons (Fsp3) is 0.469. The summed E-state index contributed by atoms with van der Waals surface area (Å²) in [4.78, 5) is 64.7. The summed E-state index contributed by atoms with van der Waals surface area (Å²) < 4.78 is 0. The van der Waals surface area contributed by atoms with Gasteiger partial charge in [0.05, 0.1) is 18.6 Å². The van der Waals surface area contributed by atoms with Crippen LogP contribution in [0.1, 0.15) is 49.7 Å². The van der Waals surface area contributed by atoms with E-state index in [0.29, 0.717) is 56.3 Å². The van der Waals surface area contributed by atoms with E-state index < -0.39 is 60.1 Å². The number of Topliss-reactive ketones (excluding diaryl/α,β-unsaturated/α-hetero) is 1. The maximum Gasteiger partial charge on any atom is 0.314 e. The summed E-state index contributed by atoms with van der Waals surface area (Å²) in [6.07, 6.45) is 2.53. The van der Waals surface area contributed by atoms with Gasteiger partial charge in [0.2, 0.25) is 17.7 Å². The van der Waals surface area contributed by atoms with Crippen LogP contribution >= 0.6 is 0 Å². The van der Waals surface area contributed by atoms with Crippen LogP contribution in [0.15, 0.2) is 48.5 Å². The van der Waals surface area contributed by atoms with Gasteiger partial charge in [0.15, 0.2) is 5.78 Å². The van der Waals surface area contributed by atoms with Crippen molar-refractivity contribution in [2.75, 3.05) is 19.6 Å². The van der Waals surface area contributed by atoms with Crippen LogP contribution in [0.5, 0.6) is 11.5 Å². The predicted molar refractivity (Wildman–Crippen MR) is 170 cm³/mol. The average Bonchev–Trinajstić information content (AvgIpc) is 3.02. The smallest absolute Gasteiger partial charge is 0.314 e. The highest BCUT2D eigenvalue weighted by atomic mass is 16.4. The molecule has 4 unspecified atom stereocenters. The SMILES string of the molecule is NCCCCC(N)C(=O)NCC(=O)NC(Cc1ccc(O)cc1)C(=O)NC(Cc1ccc(O)cc1)C(=O)C(CCCCN)C(=O)O. The lowest BCUT2D eigenvalue weighted by Crippen LogP contribution is -2.55. The molecule has 3 amide bonds. The first-order valence-electron chi connectivity index (χ1n) is 15.3.